The number of carbonyl (C=O) groups is 1. The lowest BCUT2D eigenvalue weighted by Gasteiger charge is -2.10. The third-order valence-corrected chi connectivity index (χ3v) is 3.28. The molecule has 0 saturated carbocycles. The molecule has 1 N–H and O–H groups in total. The van der Waals surface area contributed by atoms with Gasteiger partial charge in [-0.25, -0.2) is 0 Å². The van der Waals surface area contributed by atoms with E-state index in [0.717, 1.165) is 5.56 Å². The minimum atomic E-state index is -0.739. The number of carbonyl (C=O) groups excluding carboxylic acids is 1. The van der Waals surface area contributed by atoms with Gasteiger partial charge < -0.3 is 14.9 Å². The van der Waals surface area contributed by atoms with Crippen molar-refractivity contribution in [1.29, 1.82) is 0 Å². The van der Waals surface area contributed by atoms with Crippen LogP contribution < -0.4 is 10.1 Å². The highest BCUT2D eigenvalue weighted by Gasteiger charge is 2.14. The number of oxime groups is 1. The summed E-state index contributed by atoms with van der Waals surface area (Å²) in [6.07, 6.45) is 0.766. The van der Waals surface area contributed by atoms with E-state index in [0.29, 0.717) is 16.5 Å². The van der Waals surface area contributed by atoms with Crippen LogP contribution in [0.5, 0.6) is 5.75 Å². The van der Waals surface area contributed by atoms with Crippen LogP contribution in [0, 0.1) is 0 Å². The van der Waals surface area contributed by atoms with Crippen LogP contribution in [0.1, 0.15) is 12.5 Å². The Morgan fingerprint density at radius 2 is 1.91 bits per heavy atom. The topological polar surface area (TPSA) is 59.9 Å². The lowest BCUT2D eigenvalue weighted by Crippen LogP contribution is -2.26. The molecule has 0 aliphatic heterocycles. The molecule has 1 atom stereocenters. The number of halogens is 1. The molecule has 2 aromatic rings. The Balaban J connectivity index is 1.90. The second kappa shape index (κ2) is 8.19. The molecular weight excluding hydrogens is 316 g/mol. The van der Waals surface area contributed by atoms with Gasteiger partial charge in [0, 0.05) is 16.3 Å². The van der Waals surface area contributed by atoms with Crippen molar-refractivity contribution < 1.29 is 14.4 Å². The molecule has 0 aromatic heterocycles. The van der Waals surface area contributed by atoms with E-state index in [9.17, 15) is 4.79 Å². The number of hydrogen-bond donors (Lipinski definition) is 1. The fraction of sp³-hybridized carbons (Fsp3) is 0.176. The number of methoxy groups -OCH3 is 1. The Labute approximate surface area is 139 Å². The molecular formula is C17H17ClN2O3. The first-order valence-corrected chi connectivity index (χ1v) is 7.36. The highest BCUT2D eigenvalue weighted by molar-refractivity contribution is 6.30. The Hall–Kier alpha value is -2.53. The monoisotopic (exact) mass is 332 g/mol. The molecule has 0 unspecified atom stereocenters. The average Bonchev–Trinajstić information content (AvgIpc) is 2.57. The predicted molar refractivity (Wildman–Crippen MR) is 91.2 cm³/mol. The van der Waals surface area contributed by atoms with Crippen LogP contribution in [0.4, 0.5) is 5.69 Å². The maximum atomic E-state index is 12.0. The fourth-order valence-corrected chi connectivity index (χ4v) is 1.90. The second-order valence-corrected chi connectivity index (χ2v) is 5.16. The van der Waals surface area contributed by atoms with Gasteiger partial charge in [-0.2, -0.15) is 0 Å². The standard InChI is InChI=1S/C17H17ClN2O3/c1-12(17(21)20-15-9-7-14(18)8-10-15)23-19-11-13-5-3-4-6-16(13)22-2/h3-12H,1-2H3,(H,20,21)/b19-11-/t12-/m0/s1. The predicted octanol–water partition coefficient (Wildman–Crippen LogP) is 3.73. The van der Waals surface area contributed by atoms with Gasteiger partial charge in [0.15, 0.2) is 0 Å². The number of amides is 1. The third kappa shape index (κ3) is 5.00. The molecule has 0 heterocycles. The number of nitrogens with one attached hydrogen (secondary N) is 1. The van der Waals surface area contributed by atoms with Gasteiger partial charge in [-0.15, -0.1) is 0 Å². The molecule has 0 radical (unpaired) electrons. The summed E-state index contributed by atoms with van der Waals surface area (Å²) in [6.45, 7) is 1.62. The van der Waals surface area contributed by atoms with E-state index in [2.05, 4.69) is 10.5 Å². The van der Waals surface area contributed by atoms with E-state index < -0.39 is 6.10 Å². The number of anilines is 1. The fourth-order valence-electron chi connectivity index (χ4n) is 1.78. The molecule has 5 nitrogen and oxygen atoms in total. The smallest absolute Gasteiger partial charge is 0.267 e. The highest BCUT2D eigenvalue weighted by atomic mass is 35.5. The van der Waals surface area contributed by atoms with Crippen molar-refractivity contribution in [2.24, 2.45) is 5.16 Å². The zero-order valence-electron chi connectivity index (χ0n) is 12.8. The van der Waals surface area contributed by atoms with Crippen LogP contribution in [0.25, 0.3) is 0 Å². The Morgan fingerprint density at radius 3 is 2.61 bits per heavy atom. The van der Waals surface area contributed by atoms with E-state index in [1.807, 2.05) is 24.3 Å². The Kier molecular flexibility index (Phi) is 6.00. The summed E-state index contributed by atoms with van der Waals surface area (Å²) in [4.78, 5) is 17.2. The van der Waals surface area contributed by atoms with Crippen molar-refractivity contribution >= 4 is 29.4 Å². The van der Waals surface area contributed by atoms with E-state index in [-0.39, 0.29) is 5.91 Å². The maximum Gasteiger partial charge on any atom is 0.267 e. The molecule has 1 amide bonds. The Morgan fingerprint density at radius 1 is 1.22 bits per heavy atom. The van der Waals surface area contributed by atoms with E-state index in [1.54, 1.807) is 38.3 Å². The van der Waals surface area contributed by atoms with Crippen LogP contribution in [0.15, 0.2) is 53.7 Å². The number of rotatable bonds is 6. The summed E-state index contributed by atoms with van der Waals surface area (Å²) in [5.41, 5.74) is 1.41. The summed E-state index contributed by atoms with van der Waals surface area (Å²) < 4.78 is 5.20. The van der Waals surface area contributed by atoms with Crippen LogP contribution >= 0.6 is 11.6 Å². The summed E-state index contributed by atoms with van der Waals surface area (Å²) in [5.74, 6) is 0.377. The zero-order valence-corrected chi connectivity index (χ0v) is 13.6. The lowest BCUT2D eigenvalue weighted by molar-refractivity contribution is -0.126. The van der Waals surface area contributed by atoms with Gasteiger partial charge in [0.25, 0.3) is 5.91 Å². The SMILES string of the molecule is COc1ccccc1/C=N\O[C@@H](C)C(=O)Nc1ccc(Cl)cc1. The van der Waals surface area contributed by atoms with Crippen molar-refractivity contribution in [3.05, 3.63) is 59.1 Å². The number of ether oxygens (including phenoxy) is 1. The normalized spacial score (nSPS) is 12.0. The summed E-state index contributed by atoms with van der Waals surface area (Å²) in [7, 11) is 1.58. The molecule has 2 rings (SSSR count). The molecule has 0 spiro atoms. The van der Waals surface area contributed by atoms with Gasteiger partial charge in [-0.1, -0.05) is 28.9 Å². The summed E-state index contributed by atoms with van der Waals surface area (Å²) >= 11 is 5.80. The van der Waals surface area contributed by atoms with Gasteiger partial charge in [-0.3, -0.25) is 4.79 Å². The van der Waals surface area contributed by atoms with E-state index in [1.165, 1.54) is 6.21 Å². The van der Waals surface area contributed by atoms with Crippen molar-refractivity contribution in [1.82, 2.24) is 0 Å². The average molecular weight is 333 g/mol. The second-order valence-electron chi connectivity index (χ2n) is 4.72. The van der Waals surface area contributed by atoms with E-state index >= 15 is 0 Å². The lowest BCUT2D eigenvalue weighted by atomic mass is 10.2. The van der Waals surface area contributed by atoms with Gasteiger partial charge in [-0.05, 0) is 43.3 Å². The van der Waals surface area contributed by atoms with Crippen LogP contribution in [-0.4, -0.2) is 25.3 Å². The van der Waals surface area contributed by atoms with Gasteiger partial charge in [0.2, 0.25) is 6.10 Å². The van der Waals surface area contributed by atoms with Crippen molar-refractivity contribution in [3.8, 4) is 5.75 Å². The number of benzene rings is 2. The zero-order chi connectivity index (χ0) is 16.7. The number of nitrogens with zero attached hydrogens (tertiary/aromatic N) is 1. The molecule has 0 bridgehead atoms. The molecule has 0 aliphatic rings. The third-order valence-electron chi connectivity index (χ3n) is 3.03. The highest BCUT2D eigenvalue weighted by Crippen LogP contribution is 2.15. The van der Waals surface area contributed by atoms with Crippen molar-refractivity contribution in [2.45, 2.75) is 13.0 Å². The number of hydrogen-bond acceptors (Lipinski definition) is 4. The summed E-state index contributed by atoms with van der Waals surface area (Å²) in [5, 5.41) is 7.16. The van der Waals surface area contributed by atoms with Gasteiger partial charge in [0.05, 0.1) is 13.3 Å². The largest absolute Gasteiger partial charge is 0.496 e. The molecule has 0 aliphatic carbocycles. The first-order valence-electron chi connectivity index (χ1n) is 6.99. The summed E-state index contributed by atoms with van der Waals surface area (Å²) in [6, 6.07) is 14.2. The molecule has 0 saturated heterocycles. The maximum absolute atomic E-state index is 12.0. The minimum absolute atomic E-state index is 0.301. The molecule has 2 aromatic carbocycles. The van der Waals surface area contributed by atoms with Gasteiger partial charge in [0.1, 0.15) is 5.75 Å². The molecule has 120 valence electrons. The number of para-hydroxylation sites is 1. The van der Waals surface area contributed by atoms with Crippen molar-refractivity contribution in [3.63, 3.8) is 0 Å². The first-order chi connectivity index (χ1) is 11.1. The Bertz CT molecular complexity index is 686. The van der Waals surface area contributed by atoms with Crippen molar-refractivity contribution in [2.75, 3.05) is 12.4 Å². The quantitative estimate of drug-likeness (QED) is 0.647. The minimum Gasteiger partial charge on any atom is -0.496 e. The molecule has 23 heavy (non-hydrogen) atoms. The molecule has 6 heteroatoms. The van der Waals surface area contributed by atoms with Crippen LogP contribution in [0.2, 0.25) is 5.02 Å². The first kappa shape index (κ1) is 16.8. The van der Waals surface area contributed by atoms with Crippen LogP contribution in [0.3, 0.4) is 0 Å². The van der Waals surface area contributed by atoms with Crippen LogP contribution in [-0.2, 0) is 9.63 Å². The van der Waals surface area contributed by atoms with Gasteiger partial charge >= 0.3 is 0 Å². The van der Waals surface area contributed by atoms with E-state index in [4.69, 9.17) is 21.2 Å². The molecule has 0 fully saturated rings.